The van der Waals surface area contributed by atoms with Crippen LogP contribution in [0.25, 0.3) is 0 Å². The van der Waals surface area contributed by atoms with Crippen molar-refractivity contribution < 1.29 is 24.3 Å². The van der Waals surface area contributed by atoms with Gasteiger partial charge in [-0.15, -0.1) is 0 Å². The van der Waals surface area contributed by atoms with Crippen LogP contribution >= 0.6 is 0 Å². The van der Waals surface area contributed by atoms with Gasteiger partial charge in [0.25, 0.3) is 5.69 Å². The molecule has 0 aromatic heterocycles. The Labute approximate surface area is 113 Å². The van der Waals surface area contributed by atoms with Crippen molar-refractivity contribution in [1.29, 1.82) is 0 Å². The van der Waals surface area contributed by atoms with Gasteiger partial charge in [-0.3, -0.25) is 10.1 Å². The molecule has 1 aromatic carbocycles. The van der Waals surface area contributed by atoms with Gasteiger partial charge >= 0.3 is 5.97 Å². The predicted octanol–water partition coefficient (Wildman–Crippen LogP) is 1.39. The van der Waals surface area contributed by atoms with Gasteiger partial charge in [-0.05, 0) is 19.4 Å². The lowest BCUT2D eigenvalue weighted by Gasteiger charge is -2.21. The normalized spacial score (nSPS) is 22.1. The van der Waals surface area contributed by atoms with E-state index in [1.807, 2.05) is 0 Å². The molecule has 1 unspecified atom stereocenters. The van der Waals surface area contributed by atoms with Crippen LogP contribution in [0.3, 0.4) is 0 Å². The molecule has 1 saturated heterocycles. The molecule has 20 heavy (non-hydrogen) atoms. The molecule has 0 saturated carbocycles. The fourth-order valence-electron chi connectivity index (χ4n) is 2.27. The lowest BCUT2D eigenvalue weighted by atomic mass is 10.1. The SMILES string of the molecule is CC1(O)CCN(c2cc(C(=O)O)c([N+](=O)[O-])cc2F)C1. The van der Waals surface area contributed by atoms with Crippen LogP contribution in [0.2, 0.25) is 0 Å². The summed E-state index contributed by atoms with van der Waals surface area (Å²) >= 11 is 0. The van der Waals surface area contributed by atoms with Crippen LogP contribution in [-0.2, 0) is 0 Å². The maximum atomic E-state index is 13.9. The molecule has 0 radical (unpaired) electrons. The number of rotatable bonds is 3. The van der Waals surface area contributed by atoms with Crippen LogP contribution < -0.4 is 4.90 Å². The van der Waals surface area contributed by atoms with Crippen molar-refractivity contribution in [2.45, 2.75) is 18.9 Å². The minimum absolute atomic E-state index is 0.0502. The number of hydrogen-bond acceptors (Lipinski definition) is 5. The number of nitrogens with zero attached hydrogens (tertiary/aromatic N) is 2. The summed E-state index contributed by atoms with van der Waals surface area (Å²) in [6.07, 6.45) is 0.409. The number of carboxylic acids is 1. The molecule has 1 aliphatic rings. The number of carbonyl (C=O) groups is 1. The molecular weight excluding hydrogens is 271 g/mol. The van der Waals surface area contributed by atoms with Crippen molar-refractivity contribution in [3.05, 3.63) is 33.6 Å². The average molecular weight is 284 g/mol. The minimum atomic E-state index is -1.50. The number of nitro benzene ring substituents is 1. The molecule has 0 amide bonds. The number of aromatic carboxylic acids is 1. The van der Waals surface area contributed by atoms with E-state index in [1.54, 1.807) is 6.92 Å². The second kappa shape index (κ2) is 4.71. The van der Waals surface area contributed by atoms with Gasteiger partial charge in [-0.1, -0.05) is 0 Å². The van der Waals surface area contributed by atoms with Crippen molar-refractivity contribution in [1.82, 2.24) is 0 Å². The van der Waals surface area contributed by atoms with Crippen LogP contribution in [0.5, 0.6) is 0 Å². The third-order valence-electron chi connectivity index (χ3n) is 3.28. The van der Waals surface area contributed by atoms with Gasteiger partial charge in [0.1, 0.15) is 5.56 Å². The lowest BCUT2D eigenvalue weighted by molar-refractivity contribution is -0.385. The summed E-state index contributed by atoms with van der Waals surface area (Å²) in [7, 11) is 0. The van der Waals surface area contributed by atoms with Crippen molar-refractivity contribution in [3.63, 3.8) is 0 Å². The number of benzene rings is 1. The van der Waals surface area contributed by atoms with E-state index in [4.69, 9.17) is 5.11 Å². The van der Waals surface area contributed by atoms with Crippen molar-refractivity contribution in [2.75, 3.05) is 18.0 Å². The molecular formula is C12H13FN2O5. The number of aliphatic hydroxyl groups is 1. The van der Waals surface area contributed by atoms with Gasteiger partial charge < -0.3 is 15.1 Å². The van der Waals surface area contributed by atoms with E-state index in [-0.39, 0.29) is 12.2 Å². The third-order valence-corrected chi connectivity index (χ3v) is 3.28. The summed E-state index contributed by atoms with van der Waals surface area (Å²) in [5, 5.41) is 29.6. The van der Waals surface area contributed by atoms with E-state index in [0.29, 0.717) is 19.0 Å². The Morgan fingerprint density at radius 3 is 2.65 bits per heavy atom. The Morgan fingerprint density at radius 1 is 1.55 bits per heavy atom. The van der Waals surface area contributed by atoms with E-state index in [1.165, 1.54) is 4.90 Å². The summed E-state index contributed by atoms with van der Waals surface area (Å²) in [6.45, 7) is 2.08. The van der Waals surface area contributed by atoms with Crippen molar-refractivity contribution in [2.24, 2.45) is 0 Å². The number of anilines is 1. The largest absolute Gasteiger partial charge is 0.477 e. The van der Waals surface area contributed by atoms with Crippen LogP contribution in [-0.4, -0.2) is 39.8 Å². The van der Waals surface area contributed by atoms with Crippen LogP contribution in [0, 0.1) is 15.9 Å². The smallest absolute Gasteiger partial charge is 0.342 e. The van der Waals surface area contributed by atoms with Gasteiger partial charge in [-0.2, -0.15) is 0 Å². The Morgan fingerprint density at radius 2 is 2.20 bits per heavy atom. The molecule has 1 atom stereocenters. The topological polar surface area (TPSA) is 104 Å². The highest BCUT2D eigenvalue weighted by Gasteiger charge is 2.34. The Hall–Kier alpha value is -2.22. The fraction of sp³-hybridized carbons (Fsp3) is 0.417. The molecule has 108 valence electrons. The second-order valence-electron chi connectivity index (χ2n) is 5.05. The van der Waals surface area contributed by atoms with E-state index < -0.39 is 33.6 Å². The minimum Gasteiger partial charge on any atom is -0.477 e. The van der Waals surface area contributed by atoms with Crippen LogP contribution in [0.1, 0.15) is 23.7 Å². The number of hydrogen-bond donors (Lipinski definition) is 2. The van der Waals surface area contributed by atoms with E-state index >= 15 is 0 Å². The number of halogens is 1. The van der Waals surface area contributed by atoms with Crippen molar-refractivity contribution in [3.8, 4) is 0 Å². The summed E-state index contributed by atoms with van der Waals surface area (Å²) in [6, 6.07) is 1.54. The summed E-state index contributed by atoms with van der Waals surface area (Å²) in [5.41, 5.74) is -2.40. The molecule has 1 aromatic rings. The monoisotopic (exact) mass is 284 g/mol. The van der Waals surface area contributed by atoms with Gasteiger partial charge in [0.05, 0.1) is 22.3 Å². The maximum absolute atomic E-state index is 13.9. The lowest BCUT2D eigenvalue weighted by Crippen LogP contribution is -2.30. The van der Waals surface area contributed by atoms with Crippen LogP contribution in [0.4, 0.5) is 15.8 Å². The molecule has 8 heteroatoms. The fourth-order valence-corrected chi connectivity index (χ4v) is 2.27. The zero-order valence-corrected chi connectivity index (χ0v) is 10.7. The number of β-amino-alcohol motifs (C(OH)–C–C–N with tert-alkyl or cyclic N) is 1. The molecule has 2 rings (SSSR count). The molecule has 1 fully saturated rings. The van der Waals surface area contributed by atoms with E-state index in [0.717, 1.165) is 6.07 Å². The van der Waals surface area contributed by atoms with Gasteiger partial charge in [0.2, 0.25) is 0 Å². The van der Waals surface area contributed by atoms with Gasteiger partial charge in [0, 0.05) is 13.1 Å². The maximum Gasteiger partial charge on any atom is 0.342 e. The quantitative estimate of drug-likeness (QED) is 0.642. The second-order valence-corrected chi connectivity index (χ2v) is 5.05. The average Bonchev–Trinajstić information content (AvgIpc) is 2.68. The van der Waals surface area contributed by atoms with Gasteiger partial charge in [0.15, 0.2) is 5.82 Å². The first-order chi connectivity index (χ1) is 9.21. The molecule has 0 bridgehead atoms. The van der Waals surface area contributed by atoms with Crippen molar-refractivity contribution >= 4 is 17.3 Å². The molecule has 0 spiro atoms. The standard InChI is InChI=1S/C12H13FN2O5/c1-12(18)2-3-14(6-12)10-4-7(11(16)17)9(15(19)20)5-8(10)13/h4-5,18H,2-3,6H2,1H3,(H,16,17). The first-order valence-corrected chi connectivity index (χ1v) is 5.90. The highest BCUT2D eigenvalue weighted by atomic mass is 19.1. The number of carboxylic acid groups (broad SMARTS) is 1. The van der Waals surface area contributed by atoms with E-state index in [2.05, 4.69) is 0 Å². The molecule has 0 aliphatic carbocycles. The summed E-state index contributed by atoms with van der Waals surface area (Å²) < 4.78 is 13.9. The third kappa shape index (κ3) is 2.55. The predicted molar refractivity (Wildman–Crippen MR) is 67.5 cm³/mol. The molecule has 1 heterocycles. The molecule has 7 nitrogen and oxygen atoms in total. The molecule has 1 aliphatic heterocycles. The zero-order valence-electron chi connectivity index (χ0n) is 10.7. The Balaban J connectivity index is 2.48. The summed E-state index contributed by atoms with van der Waals surface area (Å²) in [5.74, 6) is -2.37. The van der Waals surface area contributed by atoms with E-state index in [9.17, 15) is 24.4 Å². The first kappa shape index (κ1) is 14.2. The van der Waals surface area contributed by atoms with Crippen LogP contribution in [0.15, 0.2) is 12.1 Å². The molecule has 2 N–H and O–H groups in total. The summed E-state index contributed by atoms with van der Waals surface area (Å²) in [4.78, 5) is 22.3. The first-order valence-electron chi connectivity index (χ1n) is 5.90. The highest BCUT2D eigenvalue weighted by molar-refractivity contribution is 5.93. The zero-order chi connectivity index (χ0) is 15.1. The Kier molecular flexibility index (Phi) is 3.34. The highest BCUT2D eigenvalue weighted by Crippen LogP contribution is 2.32. The number of nitro groups is 1. The Bertz CT molecular complexity index is 587. The van der Waals surface area contributed by atoms with Gasteiger partial charge in [-0.25, -0.2) is 9.18 Å².